The van der Waals surface area contributed by atoms with Gasteiger partial charge >= 0.3 is 6.18 Å². The van der Waals surface area contributed by atoms with Gasteiger partial charge in [-0.3, -0.25) is 9.78 Å². The van der Waals surface area contributed by atoms with Crippen LogP contribution in [0.25, 0.3) is 0 Å². The number of carbonyl (C=O) groups excluding carboxylic acids is 1. The Kier molecular flexibility index (Phi) is 3.61. The lowest BCUT2D eigenvalue weighted by Crippen LogP contribution is -2.78. The summed E-state index contributed by atoms with van der Waals surface area (Å²) in [5, 5.41) is 0. The van der Waals surface area contributed by atoms with E-state index in [9.17, 15) is 18.0 Å². The number of alkyl halides is 3. The number of rotatable bonds is 3. The van der Waals surface area contributed by atoms with E-state index < -0.39 is 12.0 Å². The molecule has 3 saturated carbocycles. The lowest BCUT2D eigenvalue weighted by atomic mass is 9.37. The van der Waals surface area contributed by atoms with Gasteiger partial charge in [-0.2, -0.15) is 13.2 Å². The number of piperidine rings is 1. The van der Waals surface area contributed by atoms with Gasteiger partial charge < -0.3 is 4.90 Å². The molecule has 1 unspecified atom stereocenters. The molecule has 2 bridgehead atoms. The highest BCUT2D eigenvalue weighted by molar-refractivity contribution is 5.80. The predicted octanol–water partition coefficient (Wildman–Crippen LogP) is 3.47. The van der Waals surface area contributed by atoms with Crippen molar-refractivity contribution in [1.82, 2.24) is 19.9 Å². The summed E-state index contributed by atoms with van der Waals surface area (Å²) >= 11 is 0. The number of aromatic nitrogens is 3. The first-order chi connectivity index (χ1) is 13.3. The highest BCUT2D eigenvalue weighted by atomic mass is 19.4. The van der Waals surface area contributed by atoms with E-state index in [1.54, 1.807) is 0 Å². The Morgan fingerprint density at radius 3 is 2.29 bits per heavy atom. The lowest BCUT2D eigenvalue weighted by molar-refractivity contribution is -0.189. The smallest absolute Gasteiger partial charge is 0.337 e. The van der Waals surface area contributed by atoms with Crippen LogP contribution >= 0.6 is 0 Å². The molecule has 3 aliphatic carbocycles. The van der Waals surface area contributed by atoms with Gasteiger partial charge in [0.2, 0.25) is 11.7 Å². The van der Waals surface area contributed by atoms with Crippen LogP contribution in [-0.4, -0.2) is 37.8 Å². The van der Waals surface area contributed by atoms with Crippen LogP contribution in [0, 0.1) is 0 Å². The molecule has 0 spiro atoms. The SMILES string of the molecule is O=C1CC(c2cnc(C(F)(F)F)nc2)CCN1C12CC(c3ccncc3)(C1)C2. The maximum atomic E-state index is 12.8. The first-order valence-electron chi connectivity index (χ1n) is 9.42. The third-order valence-corrected chi connectivity index (χ3v) is 6.69. The van der Waals surface area contributed by atoms with E-state index in [1.165, 1.54) is 18.0 Å². The van der Waals surface area contributed by atoms with Gasteiger partial charge in [-0.25, -0.2) is 9.97 Å². The van der Waals surface area contributed by atoms with E-state index in [4.69, 9.17) is 0 Å². The molecule has 1 atom stereocenters. The van der Waals surface area contributed by atoms with Crippen molar-refractivity contribution in [3.05, 3.63) is 53.9 Å². The summed E-state index contributed by atoms with van der Waals surface area (Å²) in [6.07, 6.45) is 5.50. The second-order valence-corrected chi connectivity index (χ2v) is 8.34. The molecule has 0 aromatic carbocycles. The number of amides is 1. The third-order valence-electron chi connectivity index (χ3n) is 6.69. The van der Waals surface area contributed by atoms with Crippen molar-refractivity contribution in [1.29, 1.82) is 0 Å². The number of carbonyl (C=O) groups is 1. The van der Waals surface area contributed by atoms with Crippen molar-refractivity contribution >= 4 is 5.91 Å². The Morgan fingerprint density at radius 2 is 1.71 bits per heavy atom. The Balaban J connectivity index is 1.24. The van der Waals surface area contributed by atoms with Crippen molar-refractivity contribution in [3.8, 4) is 0 Å². The maximum absolute atomic E-state index is 12.8. The summed E-state index contributed by atoms with van der Waals surface area (Å²) in [6, 6.07) is 4.11. The highest BCUT2D eigenvalue weighted by Crippen LogP contribution is 2.70. The number of hydrogen-bond donors (Lipinski definition) is 0. The van der Waals surface area contributed by atoms with Crippen LogP contribution in [0.2, 0.25) is 0 Å². The summed E-state index contributed by atoms with van der Waals surface area (Å²) < 4.78 is 37.9. The third kappa shape index (κ3) is 2.53. The maximum Gasteiger partial charge on any atom is 0.451 e. The molecule has 2 aromatic rings. The van der Waals surface area contributed by atoms with E-state index in [-0.39, 0.29) is 22.8 Å². The molecule has 8 heteroatoms. The van der Waals surface area contributed by atoms with E-state index in [2.05, 4.69) is 27.1 Å². The molecular formula is C20H19F3N4O. The average Bonchev–Trinajstić information content (AvgIpc) is 2.61. The molecule has 0 N–H and O–H groups in total. The van der Waals surface area contributed by atoms with Gasteiger partial charge in [-0.15, -0.1) is 0 Å². The number of hydrogen-bond acceptors (Lipinski definition) is 4. The van der Waals surface area contributed by atoms with Gasteiger partial charge in [-0.05, 0) is 54.9 Å². The average molecular weight is 388 g/mol. The van der Waals surface area contributed by atoms with Crippen LogP contribution < -0.4 is 0 Å². The molecular weight excluding hydrogens is 369 g/mol. The predicted molar refractivity (Wildman–Crippen MR) is 93.2 cm³/mol. The van der Waals surface area contributed by atoms with Crippen molar-refractivity contribution in [2.45, 2.75) is 55.2 Å². The summed E-state index contributed by atoms with van der Waals surface area (Å²) in [6.45, 7) is 0.636. The number of pyridine rings is 1. The summed E-state index contributed by atoms with van der Waals surface area (Å²) in [5.74, 6) is -1.18. The zero-order valence-electron chi connectivity index (χ0n) is 15.1. The van der Waals surface area contributed by atoms with E-state index >= 15 is 0 Å². The van der Waals surface area contributed by atoms with E-state index in [0.717, 1.165) is 25.7 Å². The zero-order valence-corrected chi connectivity index (χ0v) is 15.1. The van der Waals surface area contributed by atoms with Crippen molar-refractivity contribution in [2.24, 2.45) is 0 Å². The van der Waals surface area contributed by atoms with Crippen LogP contribution in [0.5, 0.6) is 0 Å². The summed E-state index contributed by atoms with van der Waals surface area (Å²) in [7, 11) is 0. The fraction of sp³-hybridized carbons (Fsp3) is 0.500. The topological polar surface area (TPSA) is 59.0 Å². The number of nitrogens with zero attached hydrogens (tertiary/aromatic N) is 4. The number of likely N-dealkylation sites (tertiary alicyclic amines) is 1. The zero-order chi connectivity index (χ0) is 19.6. The van der Waals surface area contributed by atoms with Gasteiger partial charge in [0.05, 0.1) is 0 Å². The molecule has 146 valence electrons. The summed E-state index contributed by atoms with van der Waals surface area (Å²) in [5.41, 5.74) is 2.07. The van der Waals surface area contributed by atoms with Gasteiger partial charge in [0.1, 0.15) is 0 Å². The van der Waals surface area contributed by atoms with Crippen molar-refractivity contribution in [2.75, 3.05) is 6.54 Å². The quantitative estimate of drug-likeness (QED) is 0.808. The van der Waals surface area contributed by atoms with Crippen LogP contribution in [0.4, 0.5) is 13.2 Å². The standard InChI is InChI=1S/C20H19F3N4O/c21-20(22,23)17-25-8-14(9-26-17)13-3-6-27(16(28)7-13)19-10-18(11-19,12-19)15-1-4-24-5-2-15/h1-2,4-5,8-9,13H,3,6-7,10-12H2. The van der Waals surface area contributed by atoms with Gasteiger partial charge in [0.25, 0.3) is 0 Å². The fourth-order valence-corrected chi connectivity index (χ4v) is 5.35. The van der Waals surface area contributed by atoms with Crippen molar-refractivity contribution < 1.29 is 18.0 Å². The molecule has 2 aromatic heterocycles. The molecule has 5 nitrogen and oxygen atoms in total. The molecule has 4 aliphatic rings. The van der Waals surface area contributed by atoms with Crippen LogP contribution in [0.15, 0.2) is 36.9 Å². The molecule has 28 heavy (non-hydrogen) atoms. The Hall–Kier alpha value is -2.51. The molecule has 4 fully saturated rings. The second kappa shape index (κ2) is 5.75. The molecule has 1 saturated heterocycles. The van der Waals surface area contributed by atoms with E-state index in [0.29, 0.717) is 18.5 Å². The Bertz CT molecular complexity index is 894. The first kappa shape index (κ1) is 17.6. The van der Waals surface area contributed by atoms with Gasteiger partial charge in [0, 0.05) is 48.7 Å². The van der Waals surface area contributed by atoms with Gasteiger partial charge in [0.15, 0.2) is 0 Å². The molecule has 0 radical (unpaired) electrons. The second-order valence-electron chi connectivity index (χ2n) is 8.34. The Labute approximate surface area is 160 Å². The molecule has 6 rings (SSSR count). The largest absolute Gasteiger partial charge is 0.451 e. The minimum absolute atomic E-state index is 0.0258. The normalized spacial score (nSPS) is 31.9. The number of halogens is 3. The van der Waals surface area contributed by atoms with Crippen LogP contribution in [-0.2, 0) is 16.4 Å². The van der Waals surface area contributed by atoms with Crippen LogP contribution in [0.3, 0.4) is 0 Å². The minimum atomic E-state index is -4.55. The summed E-state index contributed by atoms with van der Waals surface area (Å²) in [4.78, 5) is 25.7. The first-order valence-corrected chi connectivity index (χ1v) is 9.42. The molecule has 1 amide bonds. The lowest BCUT2D eigenvalue weighted by Gasteiger charge is -2.74. The van der Waals surface area contributed by atoms with E-state index in [1.807, 2.05) is 17.3 Å². The van der Waals surface area contributed by atoms with Gasteiger partial charge in [-0.1, -0.05) is 0 Å². The highest BCUT2D eigenvalue weighted by Gasteiger charge is 2.71. The Morgan fingerprint density at radius 1 is 1.07 bits per heavy atom. The minimum Gasteiger partial charge on any atom is -0.337 e. The van der Waals surface area contributed by atoms with Crippen molar-refractivity contribution in [3.63, 3.8) is 0 Å². The van der Waals surface area contributed by atoms with Crippen LogP contribution in [0.1, 0.15) is 55.0 Å². The monoisotopic (exact) mass is 388 g/mol. The fourth-order valence-electron chi connectivity index (χ4n) is 5.35. The molecule has 1 aliphatic heterocycles. The molecule has 3 heterocycles.